The predicted octanol–water partition coefficient (Wildman–Crippen LogP) is 27.0. The van der Waals surface area contributed by atoms with Crippen LogP contribution in [0, 0.1) is 0 Å². The van der Waals surface area contributed by atoms with Crippen LogP contribution in [0.3, 0.4) is 0 Å². The van der Waals surface area contributed by atoms with E-state index in [4.69, 9.17) is 32.3 Å². The summed E-state index contributed by atoms with van der Waals surface area (Å²) in [7, 11) is -9.80. The van der Waals surface area contributed by atoms with Crippen molar-refractivity contribution in [1.29, 1.82) is 0 Å². The Bertz CT molecular complexity index is 2550. The molecule has 0 fully saturated rings. The normalized spacial score (nSPS) is 14.5. The van der Waals surface area contributed by atoms with Crippen molar-refractivity contribution in [1.82, 2.24) is 0 Å². The van der Waals surface area contributed by atoms with Crippen LogP contribution in [0.5, 0.6) is 0 Å². The molecule has 0 spiro atoms. The van der Waals surface area contributed by atoms with Crippen molar-refractivity contribution < 1.29 is 75.8 Å². The molecule has 111 heavy (non-hydrogen) atoms. The Morgan fingerprint density at radius 2 is 0.477 bits per heavy atom. The lowest BCUT2D eigenvalue weighted by atomic mass is 10.0. The second-order valence-corrected chi connectivity index (χ2v) is 32.6. The number of carbonyl (C=O) groups excluding carboxylic acids is 3. The molecular weight excluding hydrogens is 1430 g/mol. The average molecular weight is 1600 g/mol. The van der Waals surface area contributed by atoms with Crippen LogP contribution >= 0.6 is 15.6 Å². The maximum Gasteiger partial charge on any atom is 0.472 e. The Kier molecular flexibility index (Phi) is 81.8. The molecule has 0 aliphatic rings. The van der Waals surface area contributed by atoms with Crippen LogP contribution < -0.4 is 0 Å². The van der Waals surface area contributed by atoms with Crippen LogP contribution in [-0.2, 0) is 55.8 Å². The lowest BCUT2D eigenvalue weighted by molar-refractivity contribution is -0.161. The van der Waals surface area contributed by atoms with Crippen LogP contribution in [0.4, 0.5) is 0 Å². The molecule has 0 aromatic heterocycles. The fraction of sp³-hybridized carbons (Fsp3) is 0.731. The number of hydrogen-bond acceptors (Lipinski definition) is 14. The third-order valence-electron chi connectivity index (χ3n) is 18.8. The fourth-order valence-electron chi connectivity index (χ4n) is 12.1. The molecule has 0 rings (SSSR count). The number of hydrogen-bond donors (Lipinski definition) is 4. The molecule has 0 bridgehead atoms. The molecule has 0 aromatic rings. The summed E-state index contributed by atoms with van der Waals surface area (Å²) in [6.07, 6.45) is 105. The van der Waals surface area contributed by atoms with Crippen LogP contribution in [-0.4, -0.2) is 95.9 Å². The van der Waals surface area contributed by atoms with Gasteiger partial charge in [-0.05, 0) is 141 Å². The van der Waals surface area contributed by atoms with Gasteiger partial charge in [-0.2, -0.15) is 0 Å². The molecule has 0 aliphatic carbocycles. The van der Waals surface area contributed by atoms with Gasteiger partial charge in [0.2, 0.25) is 0 Å². The number of aliphatic hydroxyl groups is 2. The lowest BCUT2D eigenvalue weighted by Gasteiger charge is -2.21. The van der Waals surface area contributed by atoms with Gasteiger partial charge in [0.1, 0.15) is 25.4 Å². The zero-order valence-electron chi connectivity index (χ0n) is 70.4. The van der Waals surface area contributed by atoms with Crippen molar-refractivity contribution in [3.63, 3.8) is 0 Å². The lowest BCUT2D eigenvalue weighted by Crippen LogP contribution is -2.30. The molecule has 16 nitrogen and oxygen atoms in total. The maximum atomic E-state index is 13.0. The first-order valence-corrected chi connectivity index (χ1v) is 47.5. The zero-order valence-corrected chi connectivity index (χ0v) is 72.1. The first kappa shape index (κ1) is 107. The van der Waals surface area contributed by atoms with Gasteiger partial charge in [-0.15, -0.1) is 0 Å². The molecule has 4 N–H and O–H groups in total. The first-order valence-electron chi connectivity index (χ1n) is 44.5. The molecule has 18 heteroatoms. The molecule has 0 heterocycles. The molecule has 0 aromatic carbocycles. The maximum absolute atomic E-state index is 13.0. The molecule has 0 amide bonds. The molecule has 640 valence electrons. The molecule has 0 saturated heterocycles. The smallest absolute Gasteiger partial charge is 0.463 e. The quantitative estimate of drug-likeness (QED) is 0.0146. The SMILES string of the molecule is CC/C=C\C/C=C\C/C=C\C/C=C\C/C=C\C/C=C\CCCCCCCCCCCCCCCCC(=O)OCC(O)COP(=O)(O)OCC(O)COP(=O)(O)OCC(COC(=O)CCCCCCCCCCCCC/C=C\C/C=C\C/C=C\C/C=C\CCCCC)OC(=O)CCCCCCC/C=C\CCCCCCCC. The second-order valence-electron chi connectivity index (χ2n) is 29.7. The number of ether oxygens (including phenoxy) is 3. The molecule has 0 aliphatic heterocycles. The summed E-state index contributed by atoms with van der Waals surface area (Å²) in [6, 6.07) is 0. The van der Waals surface area contributed by atoms with E-state index in [-0.39, 0.29) is 19.3 Å². The highest BCUT2D eigenvalue weighted by molar-refractivity contribution is 7.47. The standard InChI is InChI=1S/C93H162O16P2/c1-4-7-10-13-16-19-22-25-28-30-32-34-36-38-40-41-42-43-44-45-47-49-50-52-54-56-59-61-64-67-70-73-76-79-91(96)103-82-88(94)83-105-110(99,100)106-84-89(95)85-107-111(101,102)108-87-90(109-93(98)81-78-75-72-69-66-63-58-27-24-21-18-15-12-9-6-3)86-104-92(97)80-77-74-71-68-65-62-60-57-55-53-51-48-46-39-37-35-33-31-29-26-23-20-17-14-11-8-5-2/h7,10,16-17,19-20,25-29,32-35,38-40,42-43,46,58,88-90,94-95H,4-6,8-9,11-15,18,21-24,30-31,36-37,41,44-45,47-57,59-87H2,1-3H3,(H,99,100)(H,101,102)/b10-7-,19-16-,20-17-,28-25-,29-26-,34-32-,35-33-,40-38-,43-42-,46-39-,58-27-. The van der Waals surface area contributed by atoms with Gasteiger partial charge in [-0.25, -0.2) is 9.13 Å². The minimum Gasteiger partial charge on any atom is -0.463 e. The van der Waals surface area contributed by atoms with Crippen molar-refractivity contribution in [3.8, 4) is 0 Å². The fourth-order valence-corrected chi connectivity index (χ4v) is 13.7. The van der Waals surface area contributed by atoms with Gasteiger partial charge in [-0.1, -0.05) is 353 Å². The van der Waals surface area contributed by atoms with E-state index in [1.54, 1.807) is 0 Å². The molecule has 5 atom stereocenters. The summed E-state index contributed by atoms with van der Waals surface area (Å²) in [5.41, 5.74) is 0. The summed E-state index contributed by atoms with van der Waals surface area (Å²) in [5, 5.41) is 20.7. The highest BCUT2D eigenvalue weighted by Crippen LogP contribution is 2.45. The molecular formula is C93H162O16P2. The number of phosphoric acid groups is 2. The van der Waals surface area contributed by atoms with E-state index in [1.807, 2.05) is 0 Å². The summed E-state index contributed by atoms with van der Waals surface area (Å²) < 4.78 is 61.3. The number of unbranched alkanes of at least 4 members (excludes halogenated alkanes) is 39. The second kappa shape index (κ2) is 85.1. The summed E-state index contributed by atoms with van der Waals surface area (Å²) in [4.78, 5) is 58.8. The average Bonchev–Trinajstić information content (AvgIpc) is 0.902. The van der Waals surface area contributed by atoms with Crippen LogP contribution in [0.2, 0.25) is 0 Å². The van der Waals surface area contributed by atoms with Crippen molar-refractivity contribution in [2.45, 2.75) is 399 Å². The minimum atomic E-state index is -4.94. The van der Waals surface area contributed by atoms with Crippen LogP contribution in [0.15, 0.2) is 134 Å². The molecule has 0 radical (unpaired) electrons. The van der Waals surface area contributed by atoms with Crippen molar-refractivity contribution >= 4 is 33.6 Å². The number of esters is 3. The number of carbonyl (C=O) groups is 3. The Morgan fingerprint density at radius 3 is 0.784 bits per heavy atom. The van der Waals surface area contributed by atoms with E-state index >= 15 is 0 Å². The number of aliphatic hydroxyl groups excluding tert-OH is 2. The van der Waals surface area contributed by atoms with Gasteiger partial charge in [0, 0.05) is 19.3 Å². The first-order chi connectivity index (χ1) is 54.2. The zero-order chi connectivity index (χ0) is 80.8. The van der Waals surface area contributed by atoms with Gasteiger partial charge >= 0.3 is 33.6 Å². The van der Waals surface area contributed by atoms with E-state index in [0.29, 0.717) is 19.3 Å². The van der Waals surface area contributed by atoms with E-state index in [9.17, 15) is 43.5 Å². The Morgan fingerprint density at radius 1 is 0.261 bits per heavy atom. The molecule has 0 saturated carbocycles. The van der Waals surface area contributed by atoms with Gasteiger partial charge in [0.25, 0.3) is 0 Å². The topological polar surface area (TPSA) is 231 Å². The van der Waals surface area contributed by atoms with E-state index in [2.05, 4.69) is 154 Å². The van der Waals surface area contributed by atoms with Gasteiger partial charge in [0.15, 0.2) is 6.10 Å². The Balaban J connectivity index is 4.47. The highest BCUT2D eigenvalue weighted by atomic mass is 31.2. The predicted molar refractivity (Wildman–Crippen MR) is 463 cm³/mol. The summed E-state index contributed by atoms with van der Waals surface area (Å²) >= 11 is 0. The van der Waals surface area contributed by atoms with Crippen LogP contribution in [0.25, 0.3) is 0 Å². The van der Waals surface area contributed by atoms with Crippen molar-refractivity contribution in [2.24, 2.45) is 0 Å². The van der Waals surface area contributed by atoms with Gasteiger partial charge < -0.3 is 34.2 Å². The van der Waals surface area contributed by atoms with E-state index in [0.717, 1.165) is 154 Å². The third-order valence-corrected chi connectivity index (χ3v) is 20.7. The third kappa shape index (κ3) is 86.4. The monoisotopic (exact) mass is 1600 g/mol. The van der Waals surface area contributed by atoms with Crippen LogP contribution in [0.1, 0.15) is 380 Å². The van der Waals surface area contributed by atoms with E-state index in [1.165, 1.54) is 167 Å². The number of rotatable bonds is 84. The van der Waals surface area contributed by atoms with Crippen molar-refractivity contribution in [3.05, 3.63) is 134 Å². The number of allylic oxidation sites excluding steroid dienone is 22. The summed E-state index contributed by atoms with van der Waals surface area (Å²) in [6.45, 7) is 2.57. The Hall–Kier alpha value is -4.31. The molecule has 5 unspecified atom stereocenters. The van der Waals surface area contributed by atoms with Gasteiger partial charge in [-0.3, -0.25) is 32.5 Å². The van der Waals surface area contributed by atoms with E-state index < -0.39 is 91.5 Å². The minimum absolute atomic E-state index is 0.0941. The largest absolute Gasteiger partial charge is 0.472 e. The Labute approximate surface area is 677 Å². The number of phosphoric ester groups is 2. The van der Waals surface area contributed by atoms with Crippen molar-refractivity contribution in [2.75, 3.05) is 39.6 Å². The summed E-state index contributed by atoms with van der Waals surface area (Å²) in [5.74, 6) is -1.58. The highest BCUT2D eigenvalue weighted by Gasteiger charge is 2.29. The van der Waals surface area contributed by atoms with Gasteiger partial charge in [0.05, 0.1) is 26.4 Å².